The molecule has 4 aromatic rings. The third-order valence-corrected chi connectivity index (χ3v) is 8.07. The molecule has 0 fully saturated rings. The monoisotopic (exact) mass is 595 g/mol. The van der Waals surface area contributed by atoms with Crippen LogP contribution < -0.4 is 5.56 Å². The third-order valence-electron chi connectivity index (χ3n) is 8.07. The van der Waals surface area contributed by atoms with E-state index < -0.39 is 17.3 Å². The molecule has 0 saturated heterocycles. The molecular weight excluding hydrogens is 565 g/mol. The van der Waals surface area contributed by atoms with Crippen molar-refractivity contribution >= 4 is 39.8 Å². The van der Waals surface area contributed by atoms with Crippen LogP contribution in [0.25, 0.3) is 22.0 Å². The van der Waals surface area contributed by atoms with E-state index in [0.29, 0.717) is 23.1 Å². The summed E-state index contributed by atoms with van der Waals surface area (Å²) in [5.74, 6) is -1.88. The minimum atomic E-state index is -1.12. The zero-order valence-corrected chi connectivity index (χ0v) is 24.7. The molecule has 0 aliphatic carbocycles. The standard InChI is InChI=1S/C33H30FN5O5/c1-33(2,3)21-10-20-15-36-39(31(41)29(20)25(34)13-21)27-7-5-6-23-19-11-22(16-44-17-24(23)27)38(4)30(40)26(12-19)37-28-9-8-18(14-35-28)32(42)43/h5-10,12-15,22H,11,16-17H2,1-4H3,(H,42,43). The summed E-state index contributed by atoms with van der Waals surface area (Å²) >= 11 is 0. The number of ether oxygens (including phenoxy) is 1. The van der Waals surface area contributed by atoms with E-state index in [2.05, 4.69) is 15.1 Å². The Kier molecular flexibility index (Phi) is 7.21. The largest absolute Gasteiger partial charge is 0.478 e. The molecule has 4 heterocycles. The van der Waals surface area contributed by atoms with Crippen LogP contribution in [-0.4, -0.2) is 62.1 Å². The summed E-state index contributed by atoms with van der Waals surface area (Å²) < 4.78 is 22.7. The highest BCUT2D eigenvalue weighted by Gasteiger charge is 2.32. The van der Waals surface area contributed by atoms with Crippen LogP contribution in [0.4, 0.5) is 10.2 Å². The lowest BCUT2D eigenvalue weighted by Crippen LogP contribution is -2.42. The Bertz CT molecular complexity index is 1960. The molecule has 0 radical (unpaired) electrons. The van der Waals surface area contributed by atoms with E-state index in [4.69, 9.17) is 4.74 Å². The first-order chi connectivity index (χ1) is 20.9. The predicted molar refractivity (Wildman–Crippen MR) is 163 cm³/mol. The number of carbonyl (C=O) groups excluding carboxylic acids is 1. The number of hydrogen-bond acceptors (Lipinski definition) is 7. The molecule has 2 aliphatic rings. The van der Waals surface area contributed by atoms with Crippen molar-refractivity contribution < 1.29 is 23.8 Å². The predicted octanol–water partition coefficient (Wildman–Crippen LogP) is 4.83. The second-order valence-corrected chi connectivity index (χ2v) is 12.0. The topological polar surface area (TPSA) is 127 Å². The lowest BCUT2D eigenvalue weighted by atomic mass is 9.86. The molecule has 1 unspecified atom stereocenters. The van der Waals surface area contributed by atoms with Crippen molar-refractivity contribution in [2.75, 3.05) is 13.7 Å². The maximum atomic E-state index is 15.4. The van der Waals surface area contributed by atoms with Crippen molar-refractivity contribution in [2.24, 2.45) is 4.99 Å². The molecule has 0 saturated carbocycles. The van der Waals surface area contributed by atoms with Gasteiger partial charge in [-0.25, -0.2) is 19.2 Å². The van der Waals surface area contributed by atoms with Crippen LogP contribution in [0.2, 0.25) is 0 Å². The number of carboxylic acid groups (broad SMARTS) is 1. The normalized spacial score (nSPS) is 18.0. The van der Waals surface area contributed by atoms with Crippen LogP contribution in [0.1, 0.15) is 54.2 Å². The fourth-order valence-electron chi connectivity index (χ4n) is 5.52. The van der Waals surface area contributed by atoms with E-state index in [1.165, 1.54) is 35.3 Å². The Hall–Kier alpha value is -5.03. The number of aromatic carboxylic acids is 1. The van der Waals surface area contributed by atoms with E-state index in [1.54, 1.807) is 36.2 Å². The van der Waals surface area contributed by atoms with Crippen LogP contribution in [0.3, 0.4) is 0 Å². The van der Waals surface area contributed by atoms with Crippen molar-refractivity contribution in [3.8, 4) is 5.69 Å². The van der Waals surface area contributed by atoms with E-state index >= 15 is 4.39 Å². The molecule has 2 aromatic heterocycles. The molecule has 10 nitrogen and oxygen atoms in total. The molecular formula is C33H30FN5O5. The zero-order chi connectivity index (χ0) is 31.3. The summed E-state index contributed by atoms with van der Waals surface area (Å²) in [7, 11) is 1.68. The summed E-state index contributed by atoms with van der Waals surface area (Å²) in [4.78, 5) is 48.5. The Morgan fingerprint density at radius 1 is 1.14 bits per heavy atom. The number of rotatable bonds is 3. The summed E-state index contributed by atoms with van der Waals surface area (Å²) in [5, 5.41) is 14.0. The van der Waals surface area contributed by atoms with Gasteiger partial charge in [-0.1, -0.05) is 32.9 Å². The second-order valence-electron chi connectivity index (χ2n) is 12.0. The minimum Gasteiger partial charge on any atom is -0.478 e. The van der Waals surface area contributed by atoms with Gasteiger partial charge < -0.3 is 14.7 Å². The number of carboxylic acids is 1. The van der Waals surface area contributed by atoms with Gasteiger partial charge in [0.2, 0.25) is 0 Å². The average molecular weight is 596 g/mol. The molecule has 0 spiro atoms. The van der Waals surface area contributed by atoms with Crippen LogP contribution in [-0.2, 0) is 21.6 Å². The highest BCUT2D eigenvalue weighted by molar-refractivity contribution is 6.45. The van der Waals surface area contributed by atoms with Gasteiger partial charge in [0.1, 0.15) is 11.5 Å². The van der Waals surface area contributed by atoms with E-state index in [1.807, 2.05) is 26.8 Å². The van der Waals surface area contributed by atoms with E-state index in [9.17, 15) is 19.5 Å². The van der Waals surface area contributed by atoms with Crippen molar-refractivity contribution in [1.29, 1.82) is 0 Å². The number of benzene rings is 2. The Balaban J connectivity index is 1.49. The molecule has 6 rings (SSSR count). The van der Waals surface area contributed by atoms with Gasteiger partial charge in [0.05, 0.1) is 42.1 Å². The van der Waals surface area contributed by atoms with Gasteiger partial charge in [-0.15, -0.1) is 0 Å². The first kappa shape index (κ1) is 29.1. The van der Waals surface area contributed by atoms with E-state index in [-0.39, 0.29) is 53.1 Å². The fourth-order valence-corrected chi connectivity index (χ4v) is 5.52. The number of nitrogens with zero attached hydrogens (tertiary/aromatic N) is 5. The van der Waals surface area contributed by atoms with Gasteiger partial charge >= 0.3 is 5.97 Å². The van der Waals surface area contributed by atoms with Gasteiger partial charge in [-0.2, -0.15) is 9.78 Å². The van der Waals surface area contributed by atoms with Crippen molar-refractivity contribution in [1.82, 2.24) is 19.7 Å². The maximum absolute atomic E-state index is 15.4. The summed E-state index contributed by atoms with van der Waals surface area (Å²) in [5.41, 5.74) is 2.65. The maximum Gasteiger partial charge on any atom is 0.337 e. The number of halogens is 1. The fraction of sp³-hybridized carbons (Fsp3) is 0.273. The van der Waals surface area contributed by atoms with Crippen LogP contribution >= 0.6 is 0 Å². The number of aromatic nitrogens is 3. The number of hydrogen-bond donors (Lipinski definition) is 1. The van der Waals surface area contributed by atoms with Gasteiger partial charge in [0, 0.05) is 24.2 Å². The number of aliphatic imine (C=N–C) groups is 1. The SMILES string of the molecule is CN1C(=O)C(=Nc2ccc(C(=O)O)cn2)C=C2CC1COCc1c2cccc1-n1ncc2cc(C(C)(C)C)cc(F)c2c1=O. The molecule has 1 N–H and O–H groups in total. The second kappa shape index (κ2) is 10.9. The minimum absolute atomic E-state index is 0.00567. The number of pyridine rings is 1. The molecule has 1 amide bonds. The number of amides is 1. The molecule has 2 bridgehead atoms. The highest BCUT2D eigenvalue weighted by Crippen LogP contribution is 2.34. The number of carbonyl (C=O) groups is 2. The first-order valence-corrected chi connectivity index (χ1v) is 14.1. The van der Waals surface area contributed by atoms with Crippen LogP contribution in [0.15, 0.2) is 70.7 Å². The lowest BCUT2D eigenvalue weighted by Gasteiger charge is -2.29. The zero-order valence-electron chi connectivity index (χ0n) is 24.7. The molecule has 11 heteroatoms. The number of fused-ring (bicyclic) bond motifs is 5. The molecule has 2 aromatic carbocycles. The van der Waals surface area contributed by atoms with Crippen LogP contribution in [0.5, 0.6) is 0 Å². The van der Waals surface area contributed by atoms with E-state index in [0.717, 1.165) is 16.7 Å². The molecule has 1 atom stereocenters. The lowest BCUT2D eigenvalue weighted by molar-refractivity contribution is -0.125. The Morgan fingerprint density at radius 3 is 2.64 bits per heavy atom. The first-order valence-electron chi connectivity index (χ1n) is 14.1. The quantitative estimate of drug-likeness (QED) is 0.359. The summed E-state index contributed by atoms with van der Waals surface area (Å²) in [6.07, 6.45) is 4.84. The Labute approximate surface area is 252 Å². The van der Waals surface area contributed by atoms with Crippen molar-refractivity contribution in [3.63, 3.8) is 0 Å². The summed E-state index contributed by atoms with van der Waals surface area (Å²) in [6.45, 7) is 6.29. The number of likely N-dealkylation sites (N-methyl/N-ethyl adjacent to an activating group) is 1. The third kappa shape index (κ3) is 5.19. The molecule has 2 aliphatic heterocycles. The van der Waals surface area contributed by atoms with Gasteiger partial charge in [0.15, 0.2) is 5.82 Å². The van der Waals surface area contributed by atoms with Gasteiger partial charge in [-0.3, -0.25) is 9.59 Å². The molecule has 224 valence electrons. The summed E-state index contributed by atoms with van der Waals surface area (Å²) in [6, 6.07) is 11.1. The highest BCUT2D eigenvalue weighted by atomic mass is 19.1. The van der Waals surface area contributed by atoms with Crippen LogP contribution in [0, 0.1) is 5.82 Å². The average Bonchev–Trinajstić information content (AvgIpc) is 3.09. The smallest absolute Gasteiger partial charge is 0.337 e. The molecule has 44 heavy (non-hydrogen) atoms. The Morgan fingerprint density at radius 2 is 1.93 bits per heavy atom. The van der Waals surface area contributed by atoms with Crippen molar-refractivity contribution in [2.45, 2.75) is 45.3 Å². The van der Waals surface area contributed by atoms with Crippen molar-refractivity contribution in [3.05, 3.63) is 99.4 Å². The van der Waals surface area contributed by atoms with Gasteiger partial charge in [-0.05, 0) is 64.9 Å². The van der Waals surface area contributed by atoms with Gasteiger partial charge in [0.25, 0.3) is 11.5 Å².